The Balaban J connectivity index is 1.86. The molecule has 1 saturated carbocycles. The largest absolute Gasteiger partial charge is 0.586 e. The monoisotopic (exact) mass is 285 g/mol. The maximum absolute atomic E-state index is 13.1. The maximum Gasteiger partial charge on any atom is 0.586 e. The average molecular weight is 285 g/mol. The van der Waals surface area contributed by atoms with Crippen molar-refractivity contribution in [2.24, 2.45) is 11.7 Å². The van der Waals surface area contributed by atoms with Crippen molar-refractivity contribution in [1.82, 2.24) is 0 Å². The molecule has 0 saturated heterocycles. The minimum absolute atomic E-state index is 0.0402. The van der Waals surface area contributed by atoms with E-state index in [4.69, 9.17) is 5.73 Å². The predicted octanol–water partition coefficient (Wildman–Crippen LogP) is 2.56. The molecule has 1 aromatic rings. The molecular weight excluding hydrogens is 268 g/mol. The number of ether oxygens (including phenoxy) is 2. The molecule has 0 unspecified atom stereocenters. The van der Waals surface area contributed by atoms with Crippen LogP contribution in [0.5, 0.6) is 11.5 Å². The second-order valence-electron chi connectivity index (χ2n) is 5.40. The lowest BCUT2D eigenvalue weighted by molar-refractivity contribution is -0.287. The number of aliphatic hydroxyl groups is 1. The lowest BCUT2D eigenvalue weighted by Gasteiger charge is -2.25. The average Bonchev–Trinajstić information content (AvgIpc) is 3.01. The van der Waals surface area contributed by atoms with Gasteiger partial charge in [-0.25, -0.2) is 0 Å². The molecule has 1 aliphatic carbocycles. The molecule has 0 spiro atoms. The molecule has 1 fully saturated rings. The van der Waals surface area contributed by atoms with E-state index in [0.29, 0.717) is 5.56 Å². The van der Waals surface area contributed by atoms with Crippen molar-refractivity contribution in [2.75, 3.05) is 0 Å². The first kappa shape index (κ1) is 13.6. The van der Waals surface area contributed by atoms with Gasteiger partial charge in [0, 0.05) is 5.56 Å². The van der Waals surface area contributed by atoms with Gasteiger partial charge in [-0.2, -0.15) is 0 Å². The number of benzene rings is 1. The van der Waals surface area contributed by atoms with Crippen LogP contribution in [0, 0.1) is 5.92 Å². The molecule has 0 radical (unpaired) electrons. The Hall–Kier alpha value is -1.40. The molecule has 0 aromatic heterocycles. The van der Waals surface area contributed by atoms with E-state index in [-0.39, 0.29) is 17.4 Å². The third kappa shape index (κ3) is 2.33. The summed E-state index contributed by atoms with van der Waals surface area (Å²) in [5, 5.41) is 10.3. The Morgan fingerprint density at radius 1 is 1.25 bits per heavy atom. The summed E-state index contributed by atoms with van der Waals surface area (Å²) < 4.78 is 35.2. The molecule has 1 aliphatic heterocycles. The SMILES string of the molecule is N[C@H](c1cccc2c1OC(F)(F)O2)[C@@H](O)C1CCCC1. The molecule has 1 aromatic carbocycles. The van der Waals surface area contributed by atoms with E-state index >= 15 is 0 Å². The molecule has 2 atom stereocenters. The number of aliphatic hydroxyl groups excluding tert-OH is 1. The summed E-state index contributed by atoms with van der Waals surface area (Å²) in [4.78, 5) is 0. The van der Waals surface area contributed by atoms with Gasteiger partial charge in [0.25, 0.3) is 0 Å². The van der Waals surface area contributed by atoms with E-state index < -0.39 is 18.4 Å². The number of alkyl halides is 2. The van der Waals surface area contributed by atoms with E-state index in [1.807, 2.05) is 0 Å². The zero-order chi connectivity index (χ0) is 14.3. The minimum Gasteiger partial charge on any atom is -0.395 e. The first-order chi connectivity index (χ1) is 9.48. The molecule has 0 amide bonds. The van der Waals surface area contributed by atoms with Crippen LogP contribution in [0.1, 0.15) is 37.3 Å². The van der Waals surface area contributed by atoms with Gasteiger partial charge in [-0.1, -0.05) is 25.0 Å². The fourth-order valence-corrected chi connectivity index (χ4v) is 3.03. The van der Waals surface area contributed by atoms with E-state index in [1.165, 1.54) is 6.07 Å². The van der Waals surface area contributed by atoms with Crippen molar-refractivity contribution in [2.45, 2.75) is 44.1 Å². The molecule has 20 heavy (non-hydrogen) atoms. The van der Waals surface area contributed by atoms with E-state index in [1.54, 1.807) is 12.1 Å². The van der Waals surface area contributed by atoms with Gasteiger partial charge in [0.05, 0.1) is 12.1 Å². The fourth-order valence-electron chi connectivity index (χ4n) is 3.03. The number of hydrogen-bond donors (Lipinski definition) is 2. The number of hydrogen-bond acceptors (Lipinski definition) is 4. The van der Waals surface area contributed by atoms with Gasteiger partial charge >= 0.3 is 6.29 Å². The smallest absolute Gasteiger partial charge is 0.395 e. The summed E-state index contributed by atoms with van der Waals surface area (Å²) in [6, 6.07) is 3.80. The maximum atomic E-state index is 13.1. The van der Waals surface area contributed by atoms with Crippen LogP contribution in [0.2, 0.25) is 0 Å². The molecule has 3 rings (SSSR count). The molecule has 1 heterocycles. The molecule has 110 valence electrons. The lowest BCUT2D eigenvalue weighted by atomic mass is 9.90. The van der Waals surface area contributed by atoms with Crippen LogP contribution >= 0.6 is 0 Å². The van der Waals surface area contributed by atoms with Crippen LogP contribution < -0.4 is 15.2 Å². The second kappa shape index (κ2) is 4.86. The highest BCUT2D eigenvalue weighted by atomic mass is 19.3. The number of nitrogens with two attached hydrogens (primary N) is 1. The fraction of sp³-hybridized carbons (Fsp3) is 0.571. The first-order valence-electron chi connectivity index (χ1n) is 6.80. The Kier molecular flexibility index (Phi) is 3.30. The number of rotatable bonds is 3. The summed E-state index contributed by atoms with van der Waals surface area (Å²) >= 11 is 0. The van der Waals surface area contributed by atoms with E-state index in [0.717, 1.165) is 25.7 Å². The van der Waals surface area contributed by atoms with E-state index in [2.05, 4.69) is 9.47 Å². The molecule has 4 nitrogen and oxygen atoms in total. The zero-order valence-corrected chi connectivity index (χ0v) is 10.9. The van der Waals surface area contributed by atoms with Gasteiger partial charge in [-0.3, -0.25) is 0 Å². The third-order valence-electron chi connectivity index (χ3n) is 4.07. The number of para-hydroxylation sites is 1. The summed E-state index contributed by atoms with van der Waals surface area (Å²) in [6.07, 6.45) is -0.467. The zero-order valence-electron chi connectivity index (χ0n) is 10.9. The van der Waals surface area contributed by atoms with Gasteiger partial charge in [-0.15, -0.1) is 8.78 Å². The normalized spacial score (nSPS) is 23.8. The van der Waals surface area contributed by atoms with Crippen molar-refractivity contribution in [1.29, 1.82) is 0 Å². The van der Waals surface area contributed by atoms with Gasteiger partial charge in [0.1, 0.15) is 0 Å². The van der Waals surface area contributed by atoms with Gasteiger partial charge in [0.2, 0.25) is 0 Å². The van der Waals surface area contributed by atoms with Crippen LogP contribution in [0.4, 0.5) is 8.78 Å². The second-order valence-corrected chi connectivity index (χ2v) is 5.40. The number of fused-ring (bicyclic) bond motifs is 1. The van der Waals surface area contributed by atoms with Crippen LogP contribution in [-0.2, 0) is 0 Å². The first-order valence-corrected chi connectivity index (χ1v) is 6.80. The lowest BCUT2D eigenvalue weighted by Crippen LogP contribution is -2.32. The van der Waals surface area contributed by atoms with Gasteiger partial charge in [-0.05, 0) is 24.8 Å². The Bertz CT molecular complexity index is 503. The third-order valence-corrected chi connectivity index (χ3v) is 4.07. The van der Waals surface area contributed by atoms with Crippen LogP contribution in [-0.4, -0.2) is 17.5 Å². The van der Waals surface area contributed by atoms with Crippen LogP contribution in [0.25, 0.3) is 0 Å². The highest BCUT2D eigenvalue weighted by molar-refractivity contribution is 5.50. The van der Waals surface area contributed by atoms with Crippen molar-refractivity contribution in [3.05, 3.63) is 23.8 Å². The van der Waals surface area contributed by atoms with Gasteiger partial charge < -0.3 is 20.3 Å². The van der Waals surface area contributed by atoms with Crippen molar-refractivity contribution < 1.29 is 23.4 Å². The molecule has 2 aliphatic rings. The summed E-state index contributed by atoms with van der Waals surface area (Å²) in [7, 11) is 0. The summed E-state index contributed by atoms with van der Waals surface area (Å²) in [5.41, 5.74) is 6.41. The van der Waals surface area contributed by atoms with Crippen molar-refractivity contribution in [3.8, 4) is 11.5 Å². The minimum atomic E-state index is -3.67. The van der Waals surface area contributed by atoms with E-state index in [9.17, 15) is 13.9 Å². The van der Waals surface area contributed by atoms with Crippen LogP contribution in [0.15, 0.2) is 18.2 Å². The predicted molar refractivity (Wildman–Crippen MR) is 67.5 cm³/mol. The molecular formula is C14H17F2NO3. The van der Waals surface area contributed by atoms with Crippen LogP contribution in [0.3, 0.4) is 0 Å². The quantitative estimate of drug-likeness (QED) is 0.896. The Labute approximate surface area is 115 Å². The Morgan fingerprint density at radius 3 is 2.65 bits per heavy atom. The number of halogens is 2. The molecule has 0 bridgehead atoms. The highest BCUT2D eigenvalue weighted by Crippen LogP contribution is 2.46. The summed E-state index contributed by atoms with van der Waals surface area (Å²) in [6.45, 7) is 0. The Morgan fingerprint density at radius 2 is 1.95 bits per heavy atom. The van der Waals surface area contributed by atoms with Gasteiger partial charge in [0.15, 0.2) is 11.5 Å². The molecule has 3 N–H and O–H groups in total. The standard InChI is InChI=1S/C14H17F2NO3/c15-14(16)19-10-7-3-6-9(13(10)20-14)11(17)12(18)8-4-1-2-5-8/h3,6-8,11-12,18H,1-2,4-5,17H2/t11-,12+/m1/s1. The topological polar surface area (TPSA) is 64.7 Å². The highest BCUT2D eigenvalue weighted by Gasteiger charge is 2.45. The summed E-state index contributed by atoms with van der Waals surface area (Å²) in [5.74, 6) is 0.00677. The van der Waals surface area contributed by atoms with Crippen molar-refractivity contribution >= 4 is 0 Å². The molecule has 6 heteroatoms. The van der Waals surface area contributed by atoms with Crippen molar-refractivity contribution in [3.63, 3.8) is 0 Å².